The first-order valence-corrected chi connectivity index (χ1v) is 23.4. The number of benzene rings is 9. The van der Waals surface area contributed by atoms with Crippen LogP contribution in [0, 0.1) is 17.9 Å². The van der Waals surface area contributed by atoms with Crippen molar-refractivity contribution >= 4 is 49.3 Å². The summed E-state index contributed by atoms with van der Waals surface area (Å²) in [6, 6.07) is 60.4. The van der Waals surface area contributed by atoms with Gasteiger partial charge in [-0.2, -0.15) is 18.4 Å². The van der Waals surface area contributed by atoms with Crippen molar-refractivity contribution in [3.63, 3.8) is 0 Å². The third-order valence-corrected chi connectivity index (χ3v) is 15.4. The molecule has 4 nitrogen and oxygen atoms in total. The van der Waals surface area contributed by atoms with Crippen LogP contribution in [-0.2, 0) is 17.0 Å². The first-order chi connectivity index (χ1) is 33.8. The van der Waals surface area contributed by atoms with Crippen molar-refractivity contribution in [2.24, 2.45) is 0 Å². The van der Waals surface area contributed by atoms with Crippen LogP contribution >= 0.6 is 0 Å². The number of fused-ring (bicyclic) bond motifs is 14. The fourth-order valence-corrected chi connectivity index (χ4v) is 12.4. The molecule has 0 saturated carbocycles. The largest absolute Gasteiger partial charge is 0.415 e. The van der Waals surface area contributed by atoms with E-state index in [9.17, 15) is 18.4 Å². The minimum absolute atomic E-state index is 0.120. The zero-order valence-corrected chi connectivity index (χ0v) is 38.7. The lowest BCUT2D eigenvalue weighted by Gasteiger charge is -2.23. The summed E-state index contributed by atoms with van der Waals surface area (Å²) in [4.78, 5) is 3.71. The standard InChI is InChI=1S/C63H41F3N4/c1-61(2)49-18-10-6-14-40(49)43-27-30-55-57(59(43)61)45-16-8-12-20-52(45)69(55)38-24-26-39(42-25-23-37(63(64,65)66)33-51(42)68-5)47(34-38)48-32-36(35-67)22-29-54(48)70-53-21-13-9-17-46(53)58-56(70)31-28-44-41-15-7-11-19-50(41)62(3,4)60(44)58/h6-34H,1-4H3. The SMILES string of the molecule is [C-]#[N+]c1cc(C(F)(F)F)ccc1-c1ccc(-n2c3ccccc3c3c4c(ccc32)-c2ccccc2C4(C)C)cc1-c1cc(C#N)ccc1-n1c2ccccc2c2c3c(ccc21)-c1ccccc1C3(C)C. The second kappa shape index (κ2) is 14.4. The van der Waals surface area contributed by atoms with E-state index in [1.807, 2.05) is 42.5 Å². The fourth-order valence-electron chi connectivity index (χ4n) is 12.4. The molecule has 0 N–H and O–H groups in total. The molecule has 2 aliphatic carbocycles. The zero-order valence-electron chi connectivity index (χ0n) is 38.7. The highest BCUT2D eigenvalue weighted by Gasteiger charge is 2.40. The maximum absolute atomic E-state index is 14.3. The Balaban J connectivity index is 1.13. The fraction of sp³-hybridized carbons (Fsp3) is 0.111. The van der Waals surface area contributed by atoms with Gasteiger partial charge >= 0.3 is 6.18 Å². The molecule has 0 saturated heterocycles. The van der Waals surface area contributed by atoms with E-state index < -0.39 is 11.7 Å². The van der Waals surface area contributed by atoms with Gasteiger partial charge in [-0.15, -0.1) is 0 Å². The Labute approximate surface area is 402 Å². The van der Waals surface area contributed by atoms with Crippen molar-refractivity contribution in [1.82, 2.24) is 9.13 Å². The summed E-state index contributed by atoms with van der Waals surface area (Å²) in [5.74, 6) is 0. The van der Waals surface area contributed by atoms with Crippen LogP contribution in [0.3, 0.4) is 0 Å². The highest BCUT2D eigenvalue weighted by molar-refractivity contribution is 6.16. The molecule has 0 fully saturated rings. The molecule has 0 amide bonds. The minimum atomic E-state index is -4.64. The lowest BCUT2D eigenvalue weighted by atomic mass is 9.80. The normalized spacial score (nSPS) is 14.1. The van der Waals surface area contributed by atoms with E-state index in [0.717, 1.165) is 67.1 Å². The predicted molar refractivity (Wildman–Crippen MR) is 277 cm³/mol. The molecule has 0 atom stereocenters. The van der Waals surface area contributed by atoms with Crippen molar-refractivity contribution < 1.29 is 13.2 Å². The smallest absolute Gasteiger partial charge is 0.309 e. The van der Waals surface area contributed by atoms with Crippen LogP contribution in [0.5, 0.6) is 0 Å². The molecular formula is C63H41F3N4. The summed E-state index contributed by atoms with van der Waals surface area (Å²) in [7, 11) is 0. The van der Waals surface area contributed by atoms with Gasteiger partial charge in [-0.25, -0.2) is 4.85 Å². The lowest BCUT2D eigenvalue weighted by molar-refractivity contribution is -0.137. The molecule has 13 rings (SSSR count). The number of halogens is 3. The van der Waals surface area contributed by atoms with E-state index in [-0.39, 0.29) is 16.5 Å². The monoisotopic (exact) mass is 910 g/mol. The Morgan fingerprint density at radius 1 is 0.486 bits per heavy atom. The van der Waals surface area contributed by atoms with Crippen LogP contribution in [-0.4, -0.2) is 9.13 Å². The molecule has 0 unspecified atom stereocenters. The van der Waals surface area contributed by atoms with E-state index in [2.05, 4.69) is 163 Å². The number of hydrogen-bond acceptors (Lipinski definition) is 1. The summed E-state index contributed by atoms with van der Waals surface area (Å²) in [5.41, 5.74) is 16.6. The first-order valence-electron chi connectivity index (χ1n) is 23.4. The van der Waals surface area contributed by atoms with Crippen LogP contribution < -0.4 is 0 Å². The molecule has 0 spiro atoms. The molecule has 0 radical (unpaired) electrons. The van der Waals surface area contributed by atoms with Gasteiger partial charge in [-0.3, -0.25) is 0 Å². The molecule has 70 heavy (non-hydrogen) atoms. The van der Waals surface area contributed by atoms with Crippen LogP contribution in [0.4, 0.5) is 18.9 Å². The number of nitriles is 1. The Morgan fingerprint density at radius 3 is 1.60 bits per heavy atom. The number of alkyl halides is 3. The second-order valence-electron chi connectivity index (χ2n) is 19.7. The molecule has 7 heteroatoms. The second-order valence-corrected chi connectivity index (χ2v) is 19.7. The third kappa shape index (κ3) is 5.58. The van der Waals surface area contributed by atoms with Gasteiger partial charge in [0.15, 0.2) is 5.69 Å². The summed E-state index contributed by atoms with van der Waals surface area (Å²) >= 11 is 0. The topological polar surface area (TPSA) is 38.0 Å². The molecule has 2 aromatic heterocycles. The lowest BCUT2D eigenvalue weighted by Crippen LogP contribution is -2.15. The molecule has 0 aliphatic heterocycles. The zero-order chi connectivity index (χ0) is 48.0. The van der Waals surface area contributed by atoms with Crippen molar-refractivity contribution in [3.05, 3.63) is 221 Å². The van der Waals surface area contributed by atoms with E-state index in [0.29, 0.717) is 27.8 Å². The van der Waals surface area contributed by atoms with Gasteiger partial charge in [0.25, 0.3) is 0 Å². The average molecular weight is 911 g/mol. The molecule has 9 aromatic carbocycles. The van der Waals surface area contributed by atoms with Crippen LogP contribution in [0.2, 0.25) is 0 Å². The third-order valence-electron chi connectivity index (χ3n) is 15.4. The number of aromatic nitrogens is 2. The molecular weight excluding hydrogens is 870 g/mol. The summed E-state index contributed by atoms with van der Waals surface area (Å²) < 4.78 is 47.4. The Kier molecular flexibility index (Phi) is 8.56. The van der Waals surface area contributed by atoms with Gasteiger partial charge in [0.2, 0.25) is 0 Å². The van der Waals surface area contributed by atoms with Crippen LogP contribution in [0.25, 0.3) is 104 Å². The van der Waals surface area contributed by atoms with Crippen molar-refractivity contribution in [2.75, 3.05) is 0 Å². The first kappa shape index (κ1) is 41.5. The quantitative estimate of drug-likeness (QED) is 0.162. The minimum Gasteiger partial charge on any atom is -0.309 e. The average Bonchev–Trinajstić information content (AvgIpc) is 4.04. The molecule has 334 valence electrons. The van der Waals surface area contributed by atoms with E-state index >= 15 is 0 Å². The summed E-state index contributed by atoms with van der Waals surface area (Å²) in [5, 5.41) is 15.1. The maximum atomic E-state index is 14.3. The number of para-hydroxylation sites is 2. The van der Waals surface area contributed by atoms with E-state index in [4.69, 9.17) is 6.57 Å². The molecule has 2 aliphatic rings. The van der Waals surface area contributed by atoms with Gasteiger partial charge in [0.1, 0.15) is 0 Å². The van der Waals surface area contributed by atoms with Gasteiger partial charge in [0.05, 0.1) is 46.0 Å². The highest BCUT2D eigenvalue weighted by Crippen LogP contribution is 2.56. The van der Waals surface area contributed by atoms with Gasteiger partial charge in [0, 0.05) is 49.2 Å². The van der Waals surface area contributed by atoms with Crippen molar-refractivity contribution in [3.8, 4) is 62.0 Å². The number of nitrogens with zero attached hydrogens (tertiary/aromatic N) is 4. The predicted octanol–water partition coefficient (Wildman–Crippen LogP) is 17.3. The van der Waals surface area contributed by atoms with E-state index in [1.165, 1.54) is 50.6 Å². The van der Waals surface area contributed by atoms with Crippen LogP contribution in [0.15, 0.2) is 176 Å². The Morgan fingerprint density at radius 2 is 1.01 bits per heavy atom. The van der Waals surface area contributed by atoms with E-state index in [1.54, 1.807) is 0 Å². The van der Waals surface area contributed by atoms with Crippen LogP contribution in [0.1, 0.15) is 61.1 Å². The maximum Gasteiger partial charge on any atom is 0.415 e. The van der Waals surface area contributed by atoms with Gasteiger partial charge in [-0.1, -0.05) is 143 Å². The van der Waals surface area contributed by atoms with Gasteiger partial charge < -0.3 is 9.13 Å². The van der Waals surface area contributed by atoms with Crippen molar-refractivity contribution in [2.45, 2.75) is 44.7 Å². The molecule has 11 aromatic rings. The Hall–Kier alpha value is -8.65. The summed E-state index contributed by atoms with van der Waals surface area (Å²) in [6.45, 7) is 17.4. The number of rotatable bonds is 4. The molecule has 0 bridgehead atoms. The highest BCUT2D eigenvalue weighted by atomic mass is 19.4. The number of hydrogen-bond donors (Lipinski definition) is 0. The summed E-state index contributed by atoms with van der Waals surface area (Å²) in [6.07, 6.45) is -4.64. The molecule has 2 heterocycles. The van der Waals surface area contributed by atoms with Gasteiger partial charge in [-0.05, 0) is 122 Å². The van der Waals surface area contributed by atoms with Crippen molar-refractivity contribution in [1.29, 1.82) is 5.26 Å². The Bertz CT molecular complexity index is 4200.